The highest BCUT2D eigenvalue weighted by atomic mass is 15.0. The predicted octanol–water partition coefficient (Wildman–Crippen LogP) is 4.17. The molecule has 0 aliphatic heterocycles. The number of imidazole rings is 1. The molecule has 4 aromatic rings. The third kappa shape index (κ3) is 1.82. The van der Waals surface area contributed by atoms with E-state index in [0.717, 1.165) is 33.5 Å². The Bertz CT molecular complexity index is 952. The summed E-state index contributed by atoms with van der Waals surface area (Å²) >= 11 is 0. The molecule has 0 saturated carbocycles. The van der Waals surface area contributed by atoms with Gasteiger partial charge in [0.2, 0.25) is 0 Å². The van der Waals surface area contributed by atoms with Crippen LogP contribution >= 0.6 is 0 Å². The van der Waals surface area contributed by atoms with Gasteiger partial charge in [-0.05, 0) is 32.0 Å². The van der Waals surface area contributed by atoms with E-state index in [9.17, 15) is 0 Å². The lowest BCUT2D eigenvalue weighted by atomic mass is 10.1. The zero-order valence-electron chi connectivity index (χ0n) is 12.0. The number of fused-ring (bicyclic) bond motifs is 3. The molecule has 3 heterocycles. The number of hydrogen-bond donors (Lipinski definition) is 0. The van der Waals surface area contributed by atoms with Crippen molar-refractivity contribution >= 4 is 16.6 Å². The van der Waals surface area contributed by atoms with Crippen LogP contribution in [0.2, 0.25) is 0 Å². The summed E-state index contributed by atoms with van der Waals surface area (Å²) in [5.74, 6) is 0. The Morgan fingerprint density at radius 3 is 2.57 bits per heavy atom. The van der Waals surface area contributed by atoms with E-state index in [1.807, 2.05) is 37.4 Å². The SMILES string of the molecule is Cc1nc2ccc3cnc(-c4ccccc4)cc3n2c1C. The number of pyridine rings is 2. The van der Waals surface area contributed by atoms with Crippen molar-refractivity contribution in [3.8, 4) is 11.3 Å². The smallest absolute Gasteiger partial charge is 0.137 e. The molecule has 4 rings (SSSR count). The van der Waals surface area contributed by atoms with E-state index >= 15 is 0 Å². The molecule has 0 atom stereocenters. The minimum atomic E-state index is 0.987. The molecule has 0 saturated heterocycles. The summed E-state index contributed by atoms with van der Waals surface area (Å²) < 4.78 is 2.21. The number of nitrogens with zero attached hydrogens (tertiary/aromatic N) is 3. The van der Waals surface area contributed by atoms with E-state index in [0.29, 0.717) is 0 Å². The number of benzene rings is 1. The lowest BCUT2D eigenvalue weighted by Gasteiger charge is -2.07. The quantitative estimate of drug-likeness (QED) is 0.521. The maximum absolute atomic E-state index is 4.61. The average Bonchev–Trinajstić information content (AvgIpc) is 2.83. The van der Waals surface area contributed by atoms with Gasteiger partial charge >= 0.3 is 0 Å². The molecule has 102 valence electrons. The first kappa shape index (κ1) is 12.1. The van der Waals surface area contributed by atoms with Crippen LogP contribution in [-0.2, 0) is 0 Å². The van der Waals surface area contributed by atoms with Gasteiger partial charge in [-0.1, -0.05) is 30.3 Å². The zero-order valence-corrected chi connectivity index (χ0v) is 12.0. The third-order valence-corrected chi connectivity index (χ3v) is 4.00. The first-order chi connectivity index (χ1) is 10.2. The van der Waals surface area contributed by atoms with Crippen LogP contribution in [0.3, 0.4) is 0 Å². The summed E-state index contributed by atoms with van der Waals surface area (Å²) in [6.45, 7) is 4.16. The van der Waals surface area contributed by atoms with Crippen LogP contribution in [0.15, 0.2) is 54.7 Å². The summed E-state index contributed by atoms with van der Waals surface area (Å²) in [6.07, 6.45) is 1.94. The summed E-state index contributed by atoms with van der Waals surface area (Å²) in [6, 6.07) is 16.5. The minimum Gasteiger partial charge on any atom is -0.297 e. The molecule has 0 aliphatic rings. The maximum Gasteiger partial charge on any atom is 0.137 e. The maximum atomic E-state index is 4.61. The Balaban J connectivity index is 2.08. The minimum absolute atomic E-state index is 0.987. The normalized spacial score (nSPS) is 11.3. The van der Waals surface area contributed by atoms with Crippen LogP contribution in [0.5, 0.6) is 0 Å². The number of aromatic nitrogens is 3. The summed E-state index contributed by atoms with van der Waals surface area (Å²) in [5, 5.41) is 1.13. The Labute approximate surface area is 122 Å². The van der Waals surface area contributed by atoms with Crippen molar-refractivity contribution < 1.29 is 0 Å². The van der Waals surface area contributed by atoms with E-state index in [4.69, 9.17) is 0 Å². The standard InChI is InChI=1S/C18H15N3/c1-12-13(2)21-17-10-16(14-6-4-3-5-7-14)19-11-15(17)8-9-18(21)20-12/h3-11H,1-2H3. The van der Waals surface area contributed by atoms with Crippen molar-refractivity contribution in [1.82, 2.24) is 14.4 Å². The molecule has 0 bridgehead atoms. The summed E-state index contributed by atoms with van der Waals surface area (Å²) in [5.41, 5.74) is 6.51. The third-order valence-electron chi connectivity index (χ3n) is 4.00. The Hall–Kier alpha value is -2.68. The monoisotopic (exact) mass is 273 g/mol. The van der Waals surface area contributed by atoms with Gasteiger partial charge in [-0.3, -0.25) is 9.38 Å². The highest BCUT2D eigenvalue weighted by Crippen LogP contribution is 2.24. The molecule has 3 aromatic heterocycles. The zero-order chi connectivity index (χ0) is 14.4. The second-order valence-electron chi connectivity index (χ2n) is 5.30. The Kier molecular flexibility index (Phi) is 2.54. The van der Waals surface area contributed by atoms with Crippen molar-refractivity contribution in [2.45, 2.75) is 13.8 Å². The van der Waals surface area contributed by atoms with Gasteiger partial charge < -0.3 is 0 Å². The first-order valence-electron chi connectivity index (χ1n) is 7.04. The van der Waals surface area contributed by atoms with E-state index < -0.39 is 0 Å². The highest BCUT2D eigenvalue weighted by molar-refractivity contribution is 5.85. The Morgan fingerprint density at radius 1 is 0.952 bits per heavy atom. The van der Waals surface area contributed by atoms with Gasteiger partial charge in [-0.25, -0.2) is 4.98 Å². The molecule has 0 radical (unpaired) electrons. The fourth-order valence-electron chi connectivity index (χ4n) is 2.76. The summed E-state index contributed by atoms with van der Waals surface area (Å²) in [4.78, 5) is 9.19. The first-order valence-corrected chi connectivity index (χ1v) is 7.04. The molecule has 0 spiro atoms. The molecule has 0 N–H and O–H groups in total. The molecule has 21 heavy (non-hydrogen) atoms. The van der Waals surface area contributed by atoms with Crippen LogP contribution in [0, 0.1) is 13.8 Å². The van der Waals surface area contributed by atoms with Crippen molar-refractivity contribution in [3.05, 3.63) is 66.1 Å². The van der Waals surface area contributed by atoms with Gasteiger partial charge in [0.05, 0.1) is 16.9 Å². The lowest BCUT2D eigenvalue weighted by Crippen LogP contribution is -1.93. The van der Waals surface area contributed by atoms with Gasteiger partial charge in [0, 0.05) is 22.8 Å². The van der Waals surface area contributed by atoms with Gasteiger partial charge in [-0.2, -0.15) is 0 Å². The van der Waals surface area contributed by atoms with Gasteiger partial charge in [0.1, 0.15) is 5.65 Å². The fourth-order valence-corrected chi connectivity index (χ4v) is 2.76. The molecule has 0 amide bonds. The molecule has 0 fully saturated rings. The van der Waals surface area contributed by atoms with Gasteiger partial charge in [-0.15, -0.1) is 0 Å². The topological polar surface area (TPSA) is 30.2 Å². The second-order valence-corrected chi connectivity index (χ2v) is 5.30. The molecular formula is C18H15N3. The van der Waals surface area contributed by atoms with E-state index in [1.165, 1.54) is 5.69 Å². The Morgan fingerprint density at radius 2 is 1.76 bits per heavy atom. The molecule has 3 heteroatoms. The molecular weight excluding hydrogens is 258 g/mol. The molecule has 1 aromatic carbocycles. The van der Waals surface area contributed by atoms with Gasteiger partial charge in [0.25, 0.3) is 0 Å². The molecule has 0 aliphatic carbocycles. The highest BCUT2D eigenvalue weighted by Gasteiger charge is 2.09. The van der Waals surface area contributed by atoms with Crippen LogP contribution in [0.1, 0.15) is 11.4 Å². The summed E-state index contributed by atoms with van der Waals surface area (Å²) in [7, 11) is 0. The van der Waals surface area contributed by atoms with Crippen LogP contribution < -0.4 is 0 Å². The number of rotatable bonds is 1. The number of hydrogen-bond acceptors (Lipinski definition) is 2. The number of aryl methyl sites for hydroxylation is 2. The molecule has 0 unspecified atom stereocenters. The average molecular weight is 273 g/mol. The van der Waals surface area contributed by atoms with Crippen molar-refractivity contribution in [1.29, 1.82) is 0 Å². The van der Waals surface area contributed by atoms with Gasteiger partial charge in [0.15, 0.2) is 0 Å². The van der Waals surface area contributed by atoms with E-state index in [1.54, 1.807) is 0 Å². The van der Waals surface area contributed by atoms with Crippen molar-refractivity contribution in [3.63, 3.8) is 0 Å². The second kappa shape index (κ2) is 4.42. The predicted molar refractivity (Wildman–Crippen MR) is 85.4 cm³/mol. The van der Waals surface area contributed by atoms with Crippen molar-refractivity contribution in [2.75, 3.05) is 0 Å². The molecule has 3 nitrogen and oxygen atoms in total. The fraction of sp³-hybridized carbons (Fsp3) is 0.111. The van der Waals surface area contributed by atoms with Crippen molar-refractivity contribution in [2.24, 2.45) is 0 Å². The lowest BCUT2D eigenvalue weighted by molar-refractivity contribution is 1.14. The van der Waals surface area contributed by atoms with E-state index in [2.05, 4.69) is 45.6 Å². The van der Waals surface area contributed by atoms with Crippen LogP contribution in [0.4, 0.5) is 0 Å². The van der Waals surface area contributed by atoms with E-state index in [-0.39, 0.29) is 0 Å². The van der Waals surface area contributed by atoms with Crippen LogP contribution in [-0.4, -0.2) is 14.4 Å². The largest absolute Gasteiger partial charge is 0.297 e. The van der Waals surface area contributed by atoms with Crippen LogP contribution in [0.25, 0.3) is 27.8 Å².